The third-order valence-electron chi connectivity index (χ3n) is 9.44. The molecule has 0 amide bonds. The van der Waals surface area contributed by atoms with E-state index in [4.69, 9.17) is 4.99 Å². The maximum absolute atomic E-state index is 4.75. The Bertz CT molecular complexity index is 2280. The van der Waals surface area contributed by atoms with Gasteiger partial charge in [0.1, 0.15) is 0 Å². The molecular weight excluding hydrogens is 581 g/mol. The van der Waals surface area contributed by atoms with E-state index >= 15 is 0 Å². The van der Waals surface area contributed by atoms with Crippen molar-refractivity contribution in [3.63, 3.8) is 0 Å². The van der Waals surface area contributed by atoms with E-state index in [0.29, 0.717) is 0 Å². The van der Waals surface area contributed by atoms with Crippen LogP contribution < -0.4 is 0 Å². The molecule has 1 aromatic heterocycles. The predicted octanol–water partition coefficient (Wildman–Crippen LogP) is 11.5. The van der Waals surface area contributed by atoms with E-state index in [9.17, 15) is 0 Å². The lowest BCUT2D eigenvalue weighted by atomic mass is 9.78. The zero-order valence-corrected chi connectivity index (χ0v) is 27.0. The van der Waals surface area contributed by atoms with E-state index in [2.05, 4.69) is 187 Å². The standard InChI is InChI=1S/C46H36N2/c1-47-44(36-19-9-4-10-20-36)32-43(35-17-7-3-8-18-35)39-30-37(33-15-5-2-6-16-33)29-38(31-39)34-25-27-40(28-26-34)48-45-23-13-11-21-41(45)42-22-12-14-24-46(42)48/h2-29,31-32,39H,30H2,1H3/b43-32+,47-44?. The number of allylic oxidation sites excluding steroid dienone is 6. The van der Waals surface area contributed by atoms with Gasteiger partial charge < -0.3 is 4.57 Å². The number of aliphatic imine (C=N–C) groups is 1. The molecule has 6 aromatic carbocycles. The van der Waals surface area contributed by atoms with E-state index < -0.39 is 0 Å². The van der Waals surface area contributed by atoms with E-state index in [-0.39, 0.29) is 5.92 Å². The smallest absolute Gasteiger partial charge is 0.0646 e. The number of aromatic nitrogens is 1. The van der Waals surface area contributed by atoms with Gasteiger partial charge in [-0.15, -0.1) is 0 Å². The summed E-state index contributed by atoms with van der Waals surface area (Å²) in [6.07, 6.45) is 8.04. The number of hydrogen-bond acceptors (Lipinski definition) is 1. The predicted molar refractivity (Wildman–Crippen MR) is 205 cm³/mol. The van der Waals surface area contributed by atoms with Crippen LogP contribution >= 0.6 is 0 Å². The van der Waals surface area contributed by atoms with Crippen molar-refractivity contribution in [2.24, 2.45) is 10.9 Å². The lowest BCUT2D eigenvalue weighted by molar-refractivity contribution is 0.861. The van der Waals surface area contributed by atoms with Gasteiger partial charge >= 0.3 is 0 Å². The molecule has 0 saturated heterocycles. The van der Waals surface area contributed by atoms with Crippen LogP contribution in [0, 0.1) is 5.92 Å². The number of nitrogens with zero attached hydrogens (tertiary/aromatic N) is 2. The Hall–Kier alpha value is -5.99. The highest BCUT2D eigenvalue weighted by atomic mass is 15.0. The van der Waals surface area contributed by atoms with Crippen LogP contribution in [0.1, 0.15) is 28.7 Å². The van der Waals surface area contributed by atoms with Gasteiger partial charge in [0.25, 0.3) is 0 Å². The summed E-state index contributed by atoms with van der Waals surface area (Å²) < 4.78 is 2.38. The lowest BCUT2D eigenvalue weighted by Gasteiger charge is -2.26. The van der Waals surface area contributed by atoms with Crippen molar-refractivity contribution in [3.8, 4) is 5.69 Å². The number of benzene rings is 6. The number of rotatable bonds is 7. The van der Waals surface area contributed by atoms with Gasteiger partial charge in [-0.1, -0.05) is 152 Å². The van der Waals surface area contributed by atoms with Gasteiger partial charge in [0.2, 0.25) is 0 Å². The zero-order valence-electron chi connectivity index (χ0n) is 27.0. The second-order valence-electron chi connectivity index (χ2n) is 12.3. The van der Waals surface area contributed by atoms with Crippen LogP contribution in [0.5, 0.6) is 0 Å². The fourth-order valence-corrected chi connectivity index (χ4v) is 7.11. The van der Waals surface area contributed by atoms with Crippen molar-refractivity contribution in [3.05, 3.63) is 204 Å². The Morgan fingerprint density at radius 3 is 1.73 bits per heavy atom. The van der Waals surface area contributed by atoms with Crippen LogP contribution in [-0.2, 0) is 0 Å². The molecule has 0 fully saturated rings. The van der Waals surface area contributed by atoms with E-state index in [1.54, 1.807) is 0 Å². The summed E-state index contributed by atoms with van der Waals surface area (Å²) in [7, 11) is 1.89. The third kappa shape index (κ3) is 5.63. The Morgan fingerprint density at radius 2 is 1.12 bits per heavy atom. The Labute approximate surface area is 282 Å². The summed E-state index contributed by atoms with van der Waals surface area (Å²) in [5.41, 5.74) is 13.2. The van der Waals surface area contributed by atoms with Crippen molar-refractivity contribution in [1.29, 1.82) is 0 Å². The van der Waals surface area contributed by atoms with Crippen LogP contribution in [0.3, 0.4) is 0 Å². The Kier molecular flexibility index (Phi) is 7.98. The molecule has 1 atom stereocenters. The summed E-state index contributed by atoms with van der Waals surface area (Å²) in [4.78, 5) is 4.75. The first-order valence-electron chi connectivity index (χ1n) is 16.6. The molecule has 230 valence electrons. The Morgan fingerprint density at radius 1 is 0.583 bits per heavy atom. The molecular formula is C46H36N2. The van der Waals surface area contributed by atoms with Crippen molar-refractivity contribution >= 4 is 44.2 Å². The van der Waals surface area contributed by atoms with Crippen LogP contribution in [-0.4, -0.2) is 17.3 Å². The largest absolute Gasteiger partial charge is 0.309 e. The maximum atomic E-state index is 4.75. The minimum atomic E-state index is 0.153. The minimum Gasteiger partial charge on any atom is -0.309 e. The van der Waals surface area contributed by atoms with Crippen molar-refractivity contribution < 1.29 is 0 Å². The van der Waals surface area contributed by atoms with Crippen LogP contribution in [0.4, 0.5) is 0 Å². The van der Waals surface area contributed by atoms with Gasteiger partial charge in [-0.3, -0.25) is 4.99 Å². The number of fused-ring (bicyclic) bond motifs is 3. The Balaban J connectivity index is 1.25. The minimum absolute atomic E-state index is 0.153. The molecule has 1 aliphatic rings. The molecule has 0 saturated carbocycles. The highest BCUT2D eigenvalue weighted by molar-refractivity contribution is 6.13. The van der Waals surface area contributed by atoms with Crippen LogP contribution in [0.2, 0.25) is 0 Å². The molecule has 1 aliphatic carbocycles. The molecule has 1 heterocycles. The molecule has 1 unspecified atom stereocenters. The lowest BCUT2D eigenvalue weighted by Crippen LogP contribution is -2.10. The van der Waals surface area contributed by atoms with Gasteiger partial charge in [0.15, 0.2) is 0 Å². The first-order valence-corrected chi connectivity index (χ1v) is 16.6. The molecule has 0 radical (unpaired) electrons. The zero-order chi connectivity index (χ0) is 32.3. The number of para-hydroxylation sites is 2. The molecule has 8 rings (SSSR count). The highest BCUT2D eigenvalue weighted by Crippen LogP contribution is 2.41. The SMILES string of the molecule is CN=C(/C=C(\c1ccccc1)C1C=C(c2ccc(-n3c4ccccc4c4ccccc43)cc2)C=C(c2ccccc2)C1)c1ccccc1. The highest BCUT2D eigenvalue weighted by Gasteiger charge is 2.23. The maximum Gasteiger partial charge on any atom is 0.0646 e. The van der Waals surface area contributed by atoms with Crippen molar-refractivity contribution in [2.45, 2.75) is 6.42 Å². The summed E-state index contributed by atoms with van der Waals surface area (Å²) in [6.45, 7) is 0. The van der Waals surface area contributed by atoms with E-state index in [0.717, 1.165) is 23.4 Å². The van der Waals surface area contributed by atoms with Crippen molar-refractivity contribution in [1.82, 2.24) is 4.57 Å². The van der Waals surface area contributed by atoms with Gasteiger partial charge in [-0.25, -0.2) is 0 Å². The summed E-state index contributed by atoms with van der Waals surface area (Å²) in [5, 5.41) is 2.55. The first kappa shape index (κ1) is 29.4. The molecule has 2 nitrogen and oxygen atoms in total. The van der Waals surface area contributed by atoms with Crippen LogP contribution in [0.25, 0.3) is 44.2 Å². The quantitative estimate of drug-likeness (QED) is 0.159. The normalized spacial score (nSPS) is 15.4. The average Bonchev–Trinajstić information content (AvgIpc) is 3.51. The topological polar surface area (TPSA) is 17.3 Å². The molecule has 0 aliphatic heterocycles. The molecule has 0 spiro atoms. The fraction of sp³-hybridized carbons (Fsp3) is 0.0652. The van der Waals surface area contributed by atoms with Gasteiger partial charge in [0, 0.05) is 29.4 Å². The summed E-state index contributed by atoms with van der Waals surface area (Å²) in [6, 6.07) is 58.5. The molecule has 0 bridgehead atoms. The third-order valence-corrected chi connectivity index (χ3v) is 9.44. The van der Waals surface area contributed by atoms with Gasteiger partial charge in [0.05, 0.1) is 16.7 Å². The molecule has 48 heavy (non-hydrogen) atoms. The van der Waals surface area contributed by atoms with Crippen molar-refractivity contribution in [2.75, 3.05) is 7.05 Å². The first-order chi connectivity index (χ1) is 23.8. The second-order valence-corrected chi connectivity index (χ2v) is 12.3. The summed E-state index contributed by atoms with van der Waals surface area (Å²) >= 11 is 0. The molecule has 2 heteroatoms. The monoisotopic (exact) mass is 616 g/mol. The molecule has 7 aromatic rings. The molecule has 0 N–H and O–H groups in total. The summed E-state index contributed by atoms with van der Waals surface area (Å²) in [5.74, 6) is 0.153. The number of hydrogen-bond donors (Lipinski definition) is 0. The van der Waals surface area contributed by atoms with Gasteiger partial charge in [-0.2, -0.15) is 0 Å². The fourth-order valence-electron chi connectivity index (χ4n) is 7.11. The van der Waals surface area contributed by atoms with E-state index in [1.165, 1.54) is 55.2 Å². The second kappa shape index (κ2) is 13.0. The van der Waals surface area contributed by atoms with E-state index in [1.807, 2.05) is 7.05 Å². The average molecular weight is 617 g/mol. The van der Waals surface area contributed by atoms with Crippen LogP contribution in [0.15, 0.2) is 187 Å². The van der Waals surface area contributed by atoms with Gasteiger partial charge in [-0.05, 0) is 75.7 Å².